The molecule has 0 radical (unpaired) electrons. The van der Waals surface area contributed by atoms with Crippen LogP contribution >= 0.6 is 0 Å². The van der Waals surface area contributed by atoms with E-state index in [0.717, 1.165) is 31.5 Å². The van der Waals surface area contributed by atoms with Crippen LogP contribution in [0.25, 0.3) is 0 Å². The average Bonchev–Trinajstić information content (AvgIpc) is 2.53. The van der Waals surface area contributed by atoms with Crippen LogP contribution in [0.1, 0.15) is 31.4 Å². The van der Waals surface area contributed by atoms with Crippen LogP contribution in [0.4, 0.5) is 5.69 Å². The molecule has 0 amide bonds. The lowest BCUT2D eigenvalue weighted by Gasteiger charge is -2.39. The number of aliphatic carboxylic acids is 1. The topological polar surface area (TPSA) is 86.9 Å². The van der Waals surface area contributed by atoms with Gasteiger partial charge in [-0.1, -0.05) is 12.1 Å². The van der Waals surface area contributed by atoms with Gasteiger partial charge in [-0.3, -0.25) is 24.7 Å². The standard InChI is InChI=1S/C16H23N3O4/c1-12(13-4-3-5-15(10-13)19(22)23)18-8-6-14(7-9-18)17(2)11-16(20)21/h3-5,10,12,14H,6-9,11H2,1-2H3,(H,20,21). The Labute approximate surface area is 135 Å². The first-order chi connectivity index (χ1) is 10.9. The SMILES string of the molecule is CC(c1cccc([N+](=O)[O-])c1)N1CCC(N(C)CC(=O)O)CC1. The number of hydrogen-bond acceptors (Lipinski definition) is 5. The van der Waals surface area contributed by atoms with Gasteiger partial charge in [0.05, 0.1) is 11.5 Å². The highest BCUT2D eigenvalue weighted by Crippen LogP contribution is 2.27. The number of benzene rings is 1. The van der Waals surface area contributed by atoms with Crippen molar-refractivity contribution in [1.29, 1.82) is 0 Å². The van der Waals surface area contributed by atoms with Crippen LogP contribution in [-0.2, 0) is 4.79 Å². The number of piperidine rings is 1. The van der Waals surface area contributed by atoms with Gasteiger partial charge in [0, 0.05) is 37.3 Å². The van der Waals surface area contributed by atoms with E-state index >= 15 is 0 Å². The molecule has 7 heteroatoms. The molecule has 1 aromatic rings. The largest absolute Gasteiger partial charge is 0.480 e. The molecule has 1 unspecified atom stereocenters. The number of likely N-dealkylation sites (N-methyl/N-ethyl adjacent to an activating group) is 1. The summed E-state index contributed by atoms with van der Waals surface area (Å²) in [5.74, 6) is -0.806. The van der Waals surface area contributed by atoms with Crippen molar-refractivity contribution in [3.63, 3.8) is 0 Å². The van der Waals surface area contributed by atoms with Gasteiger partial charge >= 0.3 is 5.97 Å². The molecule has 1 aliphatic heterocycles. The van der Waals surface area contributed by atoms with Crippen molar-refractivity contribution in [3.05, 3.63) is 39.9 Å². The Bertz CT molecular complexity index is 570. The summed E-state index contributed by atoms with van der Waals surface area (Å²) in [6.45, 7) is 3.84. The highest BCUT2D eigenvalue weighted by atomic mass is 16.6. The zero-order chi connectivity index (χ0) is 17.0. The number of likely N-dealkylation sites (tertiary alicyclic amines) is 1. The minimum absolute atomic E-state index is 0.0606. The fraction of sp³-hybridized carbons (Fsp3) is 0.562. The average molecular weight is 321 g/mol. The quantitative estimate of drug-likeness (QED) is 0.638. The van der Waals surface area contributed by atoms with E-state index in [9.17, 15) is 14.9 Å². The van der Waals surface area contributed by atoms with Crippen molar-refractivity contribution < 1.29 is 14.8 Å². The number of nitro benzene ring substituents is 1. The van der Waals surface area contributed by atoms with Crippen LogP contribution < -0.4 is 0 Å². The van der Waals surface area contributed by atoms with Gasteiger partial charge < -0.3 is 5.11 Å². The Hall–Kier alpha value is -1.99. The predicted molar refractivity (Wildman–Crippen MR) is 86.4 cm³/mol. The second-order valence-electron chi connectivity index (χ2n) is 6.10. The van der Waals surface area contributed by atoms with E-state index in [1.165, 1.54) is 6.07 Å². The molecule has 0 spiro atoms. The Morgan fingerprint density at radius 1 is 1.48 bits per heavy atom. The van der Waals surface area contributed by atoms with Crippen LogP contribution in [0.2, 0.25) is 0 Å². The van der Waals surface area contributed by atoms with Crippen LogP contribution in [0.5, 0.6) is 0 Å². The molecule has 1 atom stereocenters. The van der Waals surface area contributed by atoms with Gasteiger partial charge in [-0.05, 0) is 32.4 Å². The summed E-state index contributed by atoms with van der Waals surface area (Å²) in [5, 5.41) is 19.8. The molecule has 7 nitrogen and oxygen atoms in total. The van der Waals surface area contributed by atoms with Crippen molar-refractivity contribution >= 4 is 11.7 Å². The van der Waals surface area contributed by atoms with Crippen LogP contribution in [0, 0.1) is 10.1 Å². The fourth-order valence-corrected chi connectivity index (χ4v) is 3.17. The van der Waals surface area contributed by atoms with E-state index < -0.39 is 5.97 Å². The zero-order valence-corrected chi connectivity index (χ0v) is 13.5. The fourth-order valence-electron chi connectivity index (χ4n) is 3.17. The third-order valence-corrected chi connectivity index (χ3v) is 4.62. The van der Waals surface area contributed by atoms with Crippen molar-refractivity contribution in [2.45, 2.75) is 31.8 Å². The number of nitrogens with zero attached hydrogens (tertiary/aromatic N) is 3. The van der Waals surface area contributed by atoms with Crippen molar-refractivity contribution in [1.82, 2.24) is 9.80 Å². The van der Waals surface area contributed by atoms with E-state index in [0.29, 0.717) is 0 Å². The number of hydrogen-bond donors (Lipinski definition) is 1. The molecular weight excluding hydrogens is 298 g/mol. The molecule has 1 aromatic carbocycles. The molecule has 23 heavy (non-hydrogen) atoms. The molecule has 126 valence electrons. The van der Waals surface area contributed by atoms with Gasteiger partial charge in [-0.2, -0.15) is 0 Å². The molecule has 1 N–H and O–H groups in total. The van der Waals surface area contributed by atoms with Crippen LogP contribution in [-0.4, -0.2) is 58.5 Å². The Morgan fingerprint density at radius 2 is 2.13 bits per heavy atom. The number of carboxylic acid groups (broad SMARTS) is 1. The minimum atomic E-state index is -0.806. The minimum Gasteiger partial charge on any atom is -0.480 e. The van der Waals surface area contributed by atoms with E-state index in [1.807, 2.05) is 18.0 Å². The van der Waals surface area contributed by atoms with E-state index in [2.05, 4.69) is 11.8 Å². The summed E-state index contributed by atoms with van der Waals surface area (Å²) >= 11 is 0. The number of nitro groups is 1. The Kier molecular flexibility index (Phi) is 5.68. The Morgan fingerprint density at radius 3 is 2.70 bits per heavy atom. The molecule has 1 saturated heterocycles. The molecule has 0 aromatic heterocycles. The number of rotatable bonds is 6. The maximum Gasteiger partial charge on any atom is 0.317 e. The second-order valence-corrected chi connectivity index (χ2v) is 6.10. The second kappa shape index (κ2) is 7.52. The number of non-ortho nitro benzene ring substituents is 1. The monoisotopic (exact) mass is 321 g/mol. The van der Waals surface area contributed by atoms with Gasteiger partial charge in [0.15, 0.2) is 0 Å². The van der Waals surface area contributed by atoms with Crippen molar-refractivity contribution in [2.24, 2.45) is 0 Å². The van der Waals surface area contributed by atoms with Crippen molar-refractivity contribution in [3.8, 4) is 0 Å². The molecule has 1 fully saturated rings. The summed E-state index contributed by atoms with van der Waals surface area (Å²) in [5.41, 5.74) is 1.06. The zero-order valence-electron chi connectivity index (χ0n) is 13.5. The van der Waals surface area contributed by atoms with Gasteiger partial charge in [0.2, 0.25) is 0 Å². The maximum atomic E-state index is 10.9. The molecule has 1 heterocycles. The van der Waals surface area contributed by atoms with E-state index in [1.54, 1.807) is 12.1 Å². The highest BCUT2D eigenvalue weighted by molar-refractivity contribution is 5.69. The summed E-state index contributed by atoms with van der Waals surface area (Å²) in [6, 6.07) is 7.16. The van der Waals surface area contributed by atoms with Crippen molar-refractivity contribution in [2.75, 3.05) is 26.7 Å². The lowest BCUT2D eigenvalue weighted by atomic mass is 9.99. The number of carbonyl (C=O) groups is 1. The van der Waals surface area contributed by atoms with E-state index in [-0.39, 0.29) is 29.2 Å². The first-order valence-electron chi connectivity index (χ1n) is 7.79. The van der Waals surface area contributed by atoms with Gasteiger partial charge in [-0.15, -0.1) is 0 Å². The van der Waals surface area contributed by atoms with Crippen LogP contribution in [0.15, 0.2) is 24.3 Å². The summed E-state index contributed by atoms with van der Waals surface area (Å²) in [6.07, 6.45) is 1.81. The molecule has 0 bridgehead atoms. The Balaban J connectivity index is 1.95. The first-order valence-corrected chi connectivity index (χ1v) is 7.79. The normalized spacial score (nSPS) is 18.0. The lowest BCUT2D eigenvalue weighted by molar-refractivity contribution is -0.385. The molecular formula is C16H23N3O4. The summed E-state index contributed by atoms with van der Waals surface area (Å²) in [7, 11) is 1.85. The number of carboxylic acids is 1. The molecule has 2 rings (SSSR count). The smallest absolute Gasteiger partial charge is 0.317 e. The van der Waals surface area contributed by atoms with Gasteiger partial charge in [0.1, 0.15) is 0 Å². The van der Waals surface area contributed by atoms with Gasteiger partial charge in [-0.25, -0.2) is 0 Å². The molecule has 0 saturated carbocycles. The lowest BCUT2D eigenvalue weighted by Crippen LogP contribution is -2.45. The first kappa shape index (κ1) is 17.4. The molecule has 1 aliphatic rings. The predicted octanol–water partition coefficient (Wildman–Crippen LogP) is 2.14. The highest BCUT2D eigenvalue weighted by Gasteiger charge is 2.27. The maximum absolute atomic E-state index is 10.9. The van der Waals surface area contributed by atoms with Gasteiger partial charge in [0.25, 0.3) is 5.69 Å². The van der Waals surface area contributed by atoms with Crippen LogP contribution in [0.3, 0.4) is 0 Å². The third-order valence-electron chi connectivity index (χ3n) is 4.62. The summed E-state index contributed by atoms with van der Waals surface area (Å²) < 4.78 is 0. The molecule has 0 aliphatic carbocycles. The summed E-state index contributed by atoms with van der Waals surface area (Å²) in [4.78, 5) is 25.5. The van der Waals surface area contributed by atoms with E-state index in [4.69, 9.17) is 5.11 Å². The third kappa shape index (κ3) is 4.49.